The molecular formula is C23H21N3O2. The fraction of sp³-hybridized carbons (Fsp3) is 0.130. The van der Waals surface area contributed by atoms with Gasteiger partial charge in [0.1, 0.15) is 11.6 Å². The van der Waals surface area contributed by atoms with E-state index in [0.29, 0.717) is 19.4 Å². The number of phenols is 1. The predicted molar refractivity (Wildman–Crippen MR) is 109 cm³/mol. The van der Waals surface area contributed by atoms with E-state index >= 15 is 0 Å². The maximum absolute atomic E-state index is 12.3. The Bertz CT molecular complexity index is 1090. The van der Waals surface area contributed by atoms with Crippen molar-refractivity contribution in [2.45, 2.75) is 19.4 Å². The molecule has 0 aliphatic heterocycles. The first-order valence-corrected chi connectivity index (χ1v) is 9.27. The summed E-state index contributed by atoms with van der Waals surface area (Å²) in [5.41, 5.74) is 3.94. The lowest BCUT2D eigenvalue weighted by molar-refractivity contribution is -0.121. The van der Waals surface area contributed by atoms with Crippen molar-refractivity contribution < 1.29 is 9.90 Å². The first-order valence-electron chi connectivity index (χ1n) is 9.27. The van der Waals surface area contributed by atoms with Gasteiger partial charge in [-0.2, -0.15) is 0 Å². The topological polar surface area (TPSA) is 67.2 Å². The average molecular weight is 371 g/mol. The third-order valence-electron chi connectivity index (χ3n) is 4.65. The van der Waals surface area contributed by atoms with Crippen LogP contribution >= 0.6 is 0 Å². The molecule has 140 valence electrons. The van der Waals surface area contributed by atoms with Gasteiger partial charge in [-0.3, -0.25) is 9.36 Å². The highest BCUT2D eigenvalue weighted by atomic mass is 16.3. The minimum Gasteiger partial charge on any atom is -0.508 e. The quantitative estimate of drug-likeness (QED) is 0.539. The molecule has 5 nitrogen and oxygen atoms in total. The van der Waals surface area contributed by atoms with Gasteiger partial charge in [0.25, 0.3) is 0 Å². The summed E-state index contributed by atoms with van der Waals surface area (Å²) in [6, 6.07) is 24.9. The molecule has 0 fully saturated rings. The average Bonchev–Trinajstić information content (AvgIpc) is 3.11. The number of hydrogen-bond acceptors (Lipinski definition) is 3. The summed E-state index contributed by atoms with van der Waals surface area (Å²) in [5.74, 6) is 1.06. The molecule has 2 N–H and O–H groups in total. The van der Waals surface area contributed by atoms with E-state index in [1.165, 1.54) is 0 Å². The number of fused-ring (bicyclic) bond motifs is 1. The van der Waals surface area contributed by atoms with Gasteiger partial charge in [0.2, 0.25) is 5.91 Å². The fourth-order valence-corrected chi connectivity index (χ4v) is 3.24. The molecule has 0 aliphatic rings. The maximum atomic E-state index is 12.3. The van der Waals surface area contributed by atoms with Crippen molar-refractivity contribution in [3.8, 4) is 11.4 Å². The van der Waals surface area contributed by atoms with Gasteiger partial charge in [-0.05, 0) is 42.0 Å². The molecule has 28 heavy (non-hydrogen) atoms. The van der Waals surface area contributed by atoms with Crippen molar-refractivity contribution in [1.29, 1.82) is 0 Å². The number of phenolic OH excluding ortho intramolecular Hbond substituents is 1. The third-order valence-corrected chi connectivity index (χ3v) is 4.65. The number of carbonyl (C=O) groups is 1. The Morgan fingerprint density at radius 1 is 0.929 bits per heavy atom. The van der Waals surface area contributed by atoms with Gasteiger partial charge in [-0.1, -0.05) is 42.5 Å². The van der Waals surface area contributed by atoms with Crippen LogP contribution in [0.25, 0.3) is 16.7 Å². The molecule has 0 bridgehead atoms. The van der Waals surface area contributed by atoms with Crippen LogP contribution in [0, 0.1) is 0 Å². The number of rotatable bonds is 6. The monoisotopic (exact) mass is 371 g/mol. The van der Waals surface area contributed by atoms with Crippen LogP contribution in [0.5, 0.6) is 5.75 Å². The van der Waals surface area contributed by atoms with Crippen LogP contribution in [0.2, 0.25) is 0 Å². The minimum atomic E-state index is -0.0280. The van der Waals surface area contributed by atoms with Crippen LogP contribution in [0.15, 0.2) is 78.9 Å². The van der Waals surface area contributed by atoms with Crippen LogP contribution in [-0.4, -0.2) is 20.6 Å². The van der Waals surface area contributed by atoms with E-state index in [9.17, 15) is 9.90 Å². The number of aromatic nitrogens is 2. The van der Waals surface area contributed by atoms with Crippen molar-refractivity contribution in [3.05, 3.63) is 90.3 Å². The second-order valence-electron chi connectivity index (χ2n) is 6.63. The van der Waals surface area contributed by atoms with Gasteiger partial charge < -0.3 is 10.4 Å². The van der Waals surface area contributed by atoms with Crippen LogP contribution in [-0.2, 0) is 17.8 Å². The zero-order valence-corrected chi connectivity index (χ0v) is 15.4. The molecule has 0 spiro atoms. The molecule has 0 radical (unpaired) electrons. The Morgan fingerprint density at radius 2 is 1.64 bits per heavy atom. The van der Waals surface area contributed by atoms with Gasteiger partial charge in [-0.15, -0.1) is 0 Å². The van der Waals surface area contributed by atoms with Gasteiger partial charge in [-0.25, -0.2) is 4.98 Å². The molecular weight excluding hydrogens is 350 g/mol. The summed E-state index contributed by atoms with van der Waals surface area (Å²) in [6.45, 7) is 0.439. The van der Waals surface area contributed by atoms with Crippen LogP contribution < -0.4 is 5.32 Å². The number of hydrogen-bond donors (Lipinski definition) is 2. The zero-order valence-electron chi connectivity index (χ0n) is 15.4. The molecule has 1 aromatic heterocycles. The van der Waals surface area contributed by atoms with E-state index in [4.69, 9.17) is 4.98 Å². The van der Waals surface area contributed by atoms with E-state index in [1.807, 2.05) is 54.6 Å². The van der Waals surface area contributed by atoms with Crippen molar-refractivity contribution in [2.75, 3.05) is 0 Å². The summed E-state index contributed by atoms with van der Waals surface area (Å²) in [7, 11) is 0. The Kier molecular flexibility index (Phi) is 5.06. The number of para-hydroxylation sites is 3. The van der Waals surface area contributed by atoms with E-state index in [1.54, 1.807) is 24.3 Å². The number of carbonyl (C=O) groups excluding carboxylic acids is 1. The van der Waals surface area contributed by atoms with Crippen LogP contribution in [0.4, 0.5) is 0 Å². The largest absolute Gasteiger partial charge is 0.508 e. The summed E-state index contributed by atoms with van der Waals surface area (Å²) in [5, 5.41) is 12.3. The Labute approximate surface area is 163 Å². The zero-order chi connectivity index (χ0) is 19.3. The molecule has 0 atom stereocenters. The van der Waals surface area contributed by atoms with E-state index in [0.717, 1.165) is 28.1 Å². The summed E-state index contributed by atoms with van der Waals surface area (Å²) < 4.78 is 2.11. The summed E-state index contributed by atoms with van der Waals surface area (Å²) in [4.78, 5) is 17.1. The first-order chi connectivity index (χ1) is 13.7. The SMILES string of the molecule is O=C(CCc1nc2ccccc2n1-c1ccccc1)NCc1ccc(O)cc1. The number of aryl methyl sites for hydroxylation is 1. The van der Waals surface area contributed by atoms with Crippen molar-refractivity contribution >= 4 is 16.9 Å². The molecule has 1 heterocycles. The highest BCUT2D eigenvalue weighted by molar-refractivity contribution is 5.79. The lowest BCUT2D eigenvalue weighted by Crippen LogP contribution is -2.23. The van der Waals surface area contributed by atoms with E-state index in [-0.39, 0.29) is 11.7 Å². The summed E-state index contributed by atoms with van der Waals surface area (Å²) >= 11 is 0. The molecule has 0 saturated heterocycles. The standard InChI is InChI=1S/C23H21N3O2/c27-19-12-10-17(11-13-19)16-24-23(28)15-14-22-25-20-8-4-5-9-21(20)26(22)18-6-2-1-3-7-18/h1-13,27H,14-16H2,(H,24,28). The third kappa shape index (κ3) is 3.88. The van der Waals surface area contributed by atoms with Gasteiger partial charge in [0.05, 0.1) is 11.0 Å². The predicted octanol–water partition coefficient (Wildman–Crippen LogP) is 3.98. The van der Waals surface area contributed by atoms with Gasteiger partial charge >= 0.3 is 0 Å². The molecule has 0 saturated carbocycles. The molecule has 1 amide bonds. The van der Waals surface area contributed by atoms with Gasteiger partial charge in [0.15, 0.2) is 0 Å². The Balaban J connectivity index is 1.48. The summed E-state index contributed by atoms with van der Waals surface area (Å²) in [6.07, 6.45) is 0.902. The number of aromatic hydroxyl groups is 1. The van der Waals surface area contributed by atoms with Crippen LogP contribution in [0.3, 0.4) is 0 Å². The highest BCUT2D eigenvalue weighted by Crippen LogP contribution is 2.22. The number of nitrogens with one attached hydrogen (secondary N) is 1. The van der Waals surface area contributed by atoms with Crippen LogP contribution in [0.1, 0.15) is 17.8 Å². The van der Waals surface area contributed by atoms with E-state index in [2.05, 4.69) is 9.88 Å². The number of benzene rings is 3. The van der Waals surface area contributed by atoms with Crippen molar-refractivity contribution in [2.24, 2.45) is 0 Å². The fourth-order valence-electron chi connectivity index (χ4n) is 3.24. The van der Waals surface area contributed by atoms with Crippen molar-refractivity contribution in [1.82, 2.24) is 14.9 Å². The molecule has 5 heteroatoms. The Hall–Kier alpha value is -3.60. The molecule has 4 aromatic rings. The Morgan fingerprint density at radius 3 is 2.43 bits per heavy atom. The van der Waals surface area contributed by atoms with Gasteiger partial charge in [0, 0.05) is 25.1 Å². The second kappa shape index (κ2) is 7.96. The normalized spacial score (nSPS) is 10.9. The highest BCUT2D eigenvalue weighted by Gasteiger charge is 2.13. The maximum Gasteiger partial charge on any atom is 0.220 e. The van der Waals surface area contributed by atoms with E-state index < -0.39 is 0 Å². The molecule has 4 rings (SSSR count). The lowest BCUT2D eigenvalue weighted by Gasteiger charge is -2.10. The lowest BCUT2D eigenvalue weighted by atomic mass is 10.2. The second-order valence-corrected chi connectivity index (χ2v) is 6.63. The first kappa shape index (κ1) is 17.8. The number of nitrogens with zero attached hydrogens (tertiary/aromatic N) is 2. The number of amides is 1. The smallest absolute Gasteiger partial charge is 0.220 e. The van der Waals surface area contributed by atoms with Crippen molar-refractivity contribution in [3.63, 3.8) is 0 Å². The molecule has 0 aliphatic carbocycles. The minimum absolute atomic E-state index is 0.0280. The molecule has 0 unspecified atom stereocenters. The number of imidazole rings is 1. The molecule has 3 aromatic carbocycles.